The van der Waals surface area contributed by atoms with Crippen molar-refractivity contribution in [3.05, 3.63) is 71.4 Å². The lowest BCUT2D eigenvalue weighted by Crippen LogP contribution is -2.54. The van der Waals surface area contributed by atoms with E-state index in [4.69, 9.17) is 9.47 Å². The quantitative estimate of drug-likeness (QED) is 0.674. The number of benzene rings is 2. The van der Waals surface area contributed by atoms with Gasteiger partial charge in [-0.3, -0.25) is 9.59 Å². The lowest BCUT2D eigenvalue weighted by molar-refractivity contribution is -0.147. The van der Waals surface area contributed by atoms with Gasteiger partial charge in [-0.25, -0.2) is 9.80 Å². The van der Waals surface area contributed by atoms with E-state index >= 15 is 0 Å². The highest BCUT2D eigenvalue weighted by Gasteiger charge is 2.65. The molecule has 2 amide bonds. The van der Waals surface area contributed by atoms with Crippen LogP contribution in [0, 0.1) is 0 Å². The number of carbonyl (C=O) groups is 3. The van der Waals surface area contributed by atoms with Gasteiger partial charge in [-0.2, -0.15) is 5.01 Å². The number of ether oxygens (including phenoxy) is 2. The van der Waals surface area contributed by atoms with Crippen LogP contribution in [0.3, 0.4) is 0 Å². The summed E-state index contributed by atoms with van der Waals surface area (Å²) in [6, 6.07) is 15.0. The van der Waals surface area contributed by atoms with Crippen LogP contribution >= 0.6 is 0 Å². The van der Waals surface area contributed by atoms with Crippen LogP contribution in [-0.4, -0.2) is 48.1 Å². The van der Waals surface area contributed by atoms with E-state index < -0.39 is 11.5 Å². The molecule has 0 N–H and O–H groups in total. The monoisotopic (exact) mass is 433 g/mol. The normalized spacial score (nSPS) is 21.8. The molecule has 1 spiro atoms. The van der Waals surface area contributed by atoms with Crippen molar-refractivity contribution in [2.45, 2.75) is 25.4 Å². The number of carbonyl (C=O) groups excluding carboxylic acids is 3. The number of anilines is 1. The molecule has 32 heavy (non-hydrogen) atoms. The van der Waals surface area contributed by atoms with Gasteiger partial charge < -0.3 is 14.4 Å². The number of hydrogen-bond donors (Lipinski definition) is 0. The second kappa shape index (κ2) is 7.49. The van der Waals surface area contributed by atoms with Crippen molar-refractivity contribution >= 4 is 23.5 Å². The van der Waals surface area contributed by atoms with Crippen LogP contribution in [0.25, 0.3) is 0 Å². The number of amides is 2. The van der Waals surface area contributed by atoms with E-state index in [1.54, 1.807) is 36.1 Å². The van der Waals surface area contributed by atoms with Gasteiger partial charge in [-0.05, 0) is 30.7 Å². The Morgan fingerprint density at radius 2 is 1.91 bits per heavy atom. The molecule has 2 aromatic rings. The van der Waals surface area contributed by atoms with Crippen LogP contribution in [-0.2, 0) is 31.2 Å². The van der Waals surface area contributed by atoms with Crippen molar-refractivity contribution in [2.24, 2.45) is 0 Å². The first-order chi connectivity index (χ1) is 15.5. The average Bonchev–Trinajstić information content (AvgIpc) is 3.42. The van der Waals surface area contributed by atoms with E-state index in [-0.39, 0.29) is 30.4 Å². The number of methoxy groups -OCH3 is 1. The van der Waals surface area contributed by atoms with Gasteiger partial charge in [0.1, 0.15) is 5.75 Å². The van der Waals surface area contributed by atoms with Crippen molar-refractivity contribution in [3.8, 4) is 5.75 Å². The van der Waals surface area contributed by atoms with Crippen molar-refractivity contribution in [3.63, 3.8) is 0 Å². The van der Waals surface area contributed by atoms with Crippen molar-refractivity contribution in [1.29, 1.82) is 0 Å². The molecule has 1 saturated heterocycles. The molecule has 0 aromatic heterocycles. The van der Waals surface area contributed by atoms with Crippen LogP contribution in [0.4, 0.5) is 5.69 Å². The highest BCUT2D eigenvalue weighted by atomic mass is 16.5. The molecule has 0 aliphatic carbocycles. The summed E-state index contributed by atoms with van der Waals surface area (Å²) in [7, 11) is 1.55. The molecular weight excluding hydrogens is 410 g/mol. The van der Waals surface area contributed by atoms with Gasteiger partial charge in [0.15, 0.2) is 5.54 Å². The first-order valence-corrected chi connectivity index (χ1v) is 10.6. The van der Waals surface area contributed by atoms with Crippen LogP contribution in [0.2, 0.25) is 0 Å². The highest BCUT2D eigenvalue weighted by Crippen LogP contribution is 2.54. The Balaban J connectivity index is 1.71. The fourth-order valence-corrected chi connectivity index (χ4v) is 4.81. The molecule has 5 rings (SSSR count). The van der Waals surface area contributed by atoms with Gasteiger partial charge in [0, 0.05) is 24.7 Å². The average molecular weight is 433 g/mol. The molecule has 0 bridgehead atoms. The zero-order valence-electron chi connectivity index (χ0n) is 17.9. The first kappa shape index (κ1) is 20.3. The smallest absolute Gasteiger partial charge is 0.338 e. The molecule has 1 fully saturated rings. The molecule has 8 heteroatoms. The molecule has 1 atom stereocenters. The minimum absolute atomic E-state index is 0.141. The Labute approximate surface area is 185 Å². The SMILES string of the molecule is CCOC(=O)C1=CN2C(=O)CCN2C12C(=O)N(Cc1ccccc1)c1ccc(OC)cc12. The summed E-state index contributed by atoms with van der Waals surface area (Å²) in [5.74, 6) is -0.508. The molecule has 3 aliphatic rings. The molecule has 8 nitrogen and oxygen atoms in total. The zero-order valence-corrected chi connectivity index (χ0v) is 17.9. The second-order valence-electron chi connectivity index (χ2n) is 7.85. The minimum Gasteiger partial charge on any atom is -0.497 e. The minimum atomic E-state index is -1.48. The number of fused-ring (bicyclic) bond motifs is 4. The van der Waals surface area contributed by atoms with Gasteiger partial charge >= 0.3 is 5.97 Å². The topological polar surface area (TPSA) is 79.4 Å². The fourth-order valence-electron chi connectivity index (χ4n) is 4.81. The summed E-state index contributed by atoms with van der Waals surface area (Å²) in [5.41, 5.74) is 0.901. The highest BCUT2D eigenvalue weighted by molar-refractivity contribution is 6.16. The number of rotatable bonds is 5. The Bertz CT molecular complexity index is 1150. The van der Waals surface area contributed by atoms with Gasteiger partial charge in [-0.15, -0.1) is 0 Å². The molecule has 2 aromatic carbocycles. The van der Waals surface area contributed by atoms with Gasteiger partial charge in [0.05, 0.1) is 31.5 Å². The third-order valence-electron chi connectivity index (χ3n) is 6.20. The number of hydrazine groups is 1. The molecule has 0 saturated carbocycles. The molecule has 0 radical (unpaired) electrons. The standard InChI is InChI=1S/C24H23N3O5/c1-3-32-22(29)19-15-26-21(28)11-12-27(26)24(19)18-13-17(31-2)9-10-20(18)25(23(24)30)14-16-7-5-4-6-8-16/h4-10,13,15H,3,11-12,14H2,1-2H3. The van der Waals surface area contributed by atoms with E-state index in [0.29, 0.717) is 30.1 Å². The van der Waals surface area contributed by atoms with Crippen LogP contribution in [0.1, 0.15) is 24.5 Å². The zero-order chi connectivity index (χ0) is 22.5. The lowest BCUT2D eigenvalue weighted by atomic mass is 9.83. The summed E-state index contributed by atoms with van der Waals surface area (Å²) in [5, 5.41) is 3.08. The predicted octanol–water partition coefficient (Wildman–Crippen LogP) is 2.35. The van der Waals surface area contributed by atoms with Gasteiger partial charge in [-0.1, -0.05) is 30.3 Å². The molecule has 3 aliphatic heterocycles. The molecule has 1 unspecified atom stereocenters. The van der Waals surface area contributed by atoms with Crippen molar-refractivity contribution in [1.82, 2.24) is 10.0 Å². The third kappa shape index (κ3) is 2.69. The van der Waals surface area contributed by atoms with Crippen molar-refractivity contribution < 1.29 is 23.9 Å². The van der Waals surface area contributed by atoms with Crippen molar-refractivity contribution in [2.75, 3.05) is 25.2 Å². The maximum absolute atomic E-state index is 14.2. The van der Waals surface area contributed by atoms with E-state index in [1.807, 2.05) is 36.4 Å². The van der Waals surface area contributed by atoms with E-state index in [9.17, 15) is 14.4 Å². The summed E-state index contributed by atoms with van der Waals surface area (Å²) in [4.78, 5) is 41.5. The summed E-state index contributed by atoms with van der Waals surface area (Å²) >= 11 is 0. The summed E-state index contributed by atoms with van der Waals surface area (Å²) in [6.07, 6.45) is 1.72. The predicted molar refractivity (Wildman–Crippen MR) is 115 cm³/mol. The van der Waals surface area contributed by atoms with Gasteiger partial charge in [0.2, 0.25) is 5.91 Å². The number of hydrogen-bond acceptors (Lipinski definition) is 6. The number of nitrogens with zero attached hydrogens (tertiary/aromatic N) is 3. The van der Waals surface area contributed by atoms with E-state index in [0.717, 1.165) is 5.56 Å². The maximum Gasteiger partial charge on any atom is 0.338 e. The Kier molecular flexibility index (Phi) is 4.74. The van der Waals surface area contributed by atoms with E-state index in [1.165, 1.54) is 11.2 Å². The van der Waals surface area contributed by atoms with Gasteiger partial charge in [0.25, 0.3) is 5.91 Å². The lowest BCUT2D eigenvalue weighted by Gasteiger charge is -2.35. The third-order valence-corrected chi connectivity index (χ3v) is 6.20. The molecular formula is C24H23N3O5. The number of esters is 1. The summed E-state index contributed by atoms with van der Waals surface area (Å²) < 4.78 is 10.8. The molecule has 164 valence electrons. The Hall–Kier alpha value is -3.65. The first-order valence-electron chi connectivity index (χ1n) is 10.6. The van der Waals surface area contributed by atoms with Crippen LogP contribution in [0.15, 0.2) is 60.3 Å². The maximum atomic E-state index is 14.2. The van der Waals surface area contributed by atoms with E-state index in [2.05, 4.69) is 0 Å². The second-order valence-corrected chi connectivity index (χ2v) is 7.85. The Morgan fingerprint density at radius 3 is 2.62 bits per heavy atom. The van der Waals surface area contributed by atoms with Crippen LogP contribution < -0.4 is 9.64 Å². The fraction of sp³-hybridized carbons (Fsp3) is 0.292. The van der Waals surface area contributed by atoms with Crippen LogP contribution in [0.5, 0.6) is 5.75 Å². The Morgan fingerprint density at radius 1 is 1.12 bits per heavy atom. The largest absolute Gasteiger partial charge is 0.497 e. The summed E-state index contributed by atoms with van der Waals surface area (Å²) in [6.45, 7) is 2.52. The molecule has 3 heterocycles.